The maximum absolute atomic E-state index is 11.6. The van der Waals surface area contributed by atoms with E-state index >= 15 is 0 Å². The molecule has 0 fully saturated rings. The molecule has 0 saturated heterocycles. The molecule has 7 nitrogen and oxygen atoms in total. The van der Waals surface area contributed by atoms with Crippen LogP contribution in [-0.4, -0.2) is 21.8 Å². The number of aromatic nitrogens is 2. The molecule has 2 heterocycles. The lowest BCUT2D eigenvalue weighted by Gasteiger charge is -2.01. The second-order valence-corrected chi connectivity index (χ2v) is 4.31. The van der Waals surface area contributed by atoms with E-state index in [1.165, 1.54) is 0 Å². The van der Waals surface area contributed by atoms with Gasteiger partial charge in [0.15, 0.2) is 5.82 Å². The summed E-state index contributed by atoms with van der Waals surface area (Å²) in [4.78, 5) is 16.0. The van der Waals surface area contributed by atoms with Crippen molar-refractivity contribution in [2.45, 2.75) is 13.8 Å². The number of carbonyl (C=O) groups excluding carboxylic acids is 1. The predicted octanol–water partition coefficient (Wildman–Crippen LogP) is 1.52. The third-order valence-corrected chi connectivity index (χ3v) is 2.98. The Morgan fingerprint density at radius 1 is 1.61 bits per heavy atom. The summed E-state index contributed by atoms with van der Waals surface area (Å²) in [5.74, 6) is 0.822. The van der Waals surface area contributed by atoms with Gasteiger partial charge in [0.2, 0.25) is 0 Å². The van der Waals surface area contributed by atoms with Crippen LogP contribution in [0.3, 0.4) is 0 Å². The van der Waals surface area contributed by atoms with Crippen molar-refractivity contribution in [2.75, 3.05) is 17.6 Å². The Balaban J connectivity index is 2.18. The minimum Gasteiger partial charge on any atom is -0.429 e. The summed E-state index contributed by atoms with van der Waals surface area (Å²) in [7, 11) is 0. The Hall–Kier alpha value is -2.09. The highest BCUT2D eigenvalue weighted by atomic mass is 32.1. The van der Waals surface area contributed by atoms with E-state index in [4.69, 9.17) is 10.2 Å². The largest absolute Gasteiger partial charge is 0.429 e. The summed E-state index contributed by atoms with van der Waals surface area (Å²) in [5.41, 5.74) is 6.14. The highest BCUT2D eigenvalue weighted by Gasteiger charge is 2.17. The molecule has 18 heavy (non-hydrogen) atoms. The second-order valence-electron chi connectivity index (χ2n) is 3.53. The lowest BCUT2D eigenvalue weighted by Crippen LogP contribution is -2.22. The number of hydrogen-bond acceptors (Lipinski definition) is 7. The van der Waals surface area contributed by atoms with E-state index < -0.39 is 0 Å². The van der Waals surface area contributed by atoms with Gasteiger partial charge in [-0.15, -0.1) is 0 Å². The molecule has 0 radical (unpaired) electrons. The van der Waals surface area contributed by atoms with Crippen LogP contribution in [0.25, 0.3) is 0 Å². The zero-order chi connectivity index (χ0) is 13.1. The fraction of sp³-hybridized carbons (Fsp3) is 0.300. The van der Waals surface area contributed by atoms with Crippen LogP contribution in [0.2, 0.25) is 0 Å². The first-order valence-corrected chi connectivity index (χ1v) is 6.12. The second kappa shape index (κ2) is 5.05. The maximum atomic E-state index is 11.6. The van der Waals surface area contributed by atoms with Crippen LogP contribution in [0.4, 0.5) is 17.5 Å². The lowest BCUT2D eigenvalue weighted by molar-refractivity contribution is 0.0960. The molecule has 2 aromatic heterocycles. The Bertz CT molecular complexity index is 562. The summed E-state index contributed by atoms with van der Waals surface area (Å²) >= 11 is 1.03. The molecule has 2 rings (SSSR count). The molecule has 8 heteroatoms. The predicted molar refractivity (Wildman–Crippen MR) is 69.1 cm³/mol. The first-order chi connectivity index (χ1) is 8.61. The van der Waals surface area contributed by atoms with Crippen molar-refractivity contribution in [3.63, 3.8) is 0 Å². The topological polar surface area (TPSA) is 106 Å². The smallest absolute Gasteiger partial charge is 0.300 e. The van der Waals surface area contributed by atoms with E-state index in [1.807, 2.05) is 6.92 Å². The minimum atomic E-state index is -0.232. The number of nitrogens with two attached hydrogens (primary N) is 1. The van der Waals surface area contributed by atoms with Gasteiger partial charge in [-0.3, -0.25) is 10.1 Å². The number of amides is 1. The Kier molecular flexibility index (Phi) is 3.47. The number of rotatable bonds is 4. The van der Waals surface area contributed by atoms with Crippen molar-refractivity contribution in [2.24, 2.45) is 0 Å². The van der Waals surface area contributed by atoms with Crippen molar-refractivity contribution in [3.05, 3.63) is 16.8 Å². The monoisotopic (exact) mass is 267 g/mol. The Morgan fingerprint density at radius 2 is 2.39 bits per heavy atom. The van der Waals surface area contributed by atoms with Crippen molar-refractivity contribution in [3.8, 4) is 0 Å². The normalized spacial score (nSPS) is 10.3. The van der Waals surface area contributed by atoms with Gasteiger partial charge in [0.05, 0.1) is 6.20 Å². The van der Waals surface area contributed by atoms with Gasteiger partial charge in [0.25, 0.3) is 5.91 Å². The molecule has 0 aliphatic heterocycles. The third kappa shape index (κ3) is 2.43. The number of nitrogens with zero attached hydrogens (tertiary/aromatic N) is 2. The molecule has 1 amide bonds. The molecule has 0 aliphatic rings. The van der Waals surface area contributed by atoms with E-state index in [9.17, 15) is 4.79 Å². The van der Waals surface area contributed by atoms with E-state index in [-0.39, 0.29) is 5.91 Å². The molecule has 0 spiro atoms. The van der Waals surface area contributed by atoms with E-state index in [2.05, 4.69) is 20.0 Å². The molecule has 2 aromatic rings. The fourth-order valence-electron chi connectivity index (χ4n) is 1.31. The van der Waals surface area contributed by atoms with E-state index in [0.29, 0.717) is 34.7 Å². The molecule has 0 saturated carbocycles. The van der Waals surface area contributed by atoms with Crippen LogP contribution in [0, 0.1) is 6.92 Å². The van der Waals surface area contributed by atoms with Crippen molar-refractivity contribution < 1.29 is 9.21 Å². The van der Waals surface area contributed by atoms with E-state index in [1.54, 1.807) is 13.1 Å². The van der Waals surface area contributed by atoms with E-state index in [0.717, 1.165) is 11.5 Å². The van der Waals surface area contributed by atoms with Gasteiger partial charge in [-0.05, 0) is 25.4 Å². The molecule has 0 unspecified atom stereocenters. The molecule has 96 valence electrons. The van der Waals surface area contributed by atoms with Crippen LogP contribution in [0.1, 0.15) is 22.4 Å². The summed E-state index contributed by atoms with van der Waals surface area (Å²) in [6, 6.07) is 0.298. The quantitative estimate of drug-likeness (QED) is 0.775. The number of aryl methyl sites for hydroxylation is 1. The van der Waals surface area contributed by atoms with Crippen LogP contribution < -0.4 is 16.4 Å². The lowest BCUT2D eigenvalue weighted by atomic mass is 10.3. The molecular weight excluding hydrogens is 254 g/mol. The van der Waals surface area contributed by atoms with Crippen molar-refractivity contribution in [1.29, 1.82) is 0 Å². The summed E-state index contributed by atoms with van der Waals surface area (Å²) in [6.07, 6.45) is 1.58. The highest BCUT2D eigenvalue weighted by molar-refractivity contribution is 7.09. The summed E-state index contributed by atoms with van der Waals surface area (Å²) in [5, 5.41) is 5.50. The summed E-state index contributed by atoms with van der Waals surface area (Å²) < 4.78 is 9.31. The number of carbonyl (C=O) groups is 1. The molecular formula is C10H13N5O2S. The highest BCUT2D eigenvalue weighted by Crippen LogP contribution is 2.28. The fourth-order valence-corrected chi connectivity index (χ4v) is 1.98. The number of anilines is 3. The first kappa shape index (κ1) is 12.4. The molecule has 4 N–H and O–H groups in total. The molecule has 0 aliphatic carbocycles. The van der Waals surface area contributed by atoms with Gasteiger partial charge in [-0.1, -0.05) is 0 Å². The van der Waals surface area contributed by atoms with Gasteiger partial charge in [0.1, 0.15) is 16.3 Å². The SMILES string of the molecule is CCNC(=O)c1snc(Nc2ncc(C)o2)c1N. The number of nitrogen functional groups attached to an aromatic ring is 1. The average molecular weight is 267 g/mol. The zero-order valence-corrected chi connectivity index (χ0v) is 10.8. The zero-order valence-electron chi connectivity index (χ0n) is 9.98. The molecule has 0 atom stereocenters. The van der Waals surface area contributed by atoms with Crippen LogP contribution >= 0.6 is 11.5 Å². The molecule has 0 bridgehead atoms. The maximum Gasteiger partial charge on any atom is 0.300 e. The van der Waals surface area contributed by atoms with Gasteiger partial charge < -0.3 is 15.5 Å². The number of nitrogens with one attached hydrogen (secondary N) is 2. The first-order valence-electron chi connectivity index (χ1n) is 5.34. The number of oxazole rings is 1. The van der Waals surface area contributed by atoms with Gasteiger partial charge in [0, 0.05) is 6.54 Å². The Labute approximate surface area is 108 Å². The van der Waals surface area contributed by atoms with Crippen molar-refractivity contribution >= 4 is 35.0 Å². The van der Waals surface area contributed by atoms with Gasteiger partial charge in [-0.2, -0.15) is 4.37 Å². The van der Waals surface area contributed by atoms with Crippen LogP contribution in [-0.2, 0) is 0 Å². The number of hydrogen-bond donors (Lipinski definition) is 3. The Morgan fingerprint density at radius 3 is 3.00 bits per heavy atom. The van der Waals surface area contributed by atoms with Gasteiger partial charge in [-0.25, -0.2) is 4.98 Å². The molecule has 0 aromatic carbocycles. The average Bonchev–Trinajstić information content (AvgIpc) is 2.88. The third-order valence-electron chi connectivity index (χ3n) is 2.12. The van der Waals surface area contributed by atoms with Gasteiger partial charge >= 0.3 is 6.01 Å². The van der Waals surface area contributed by atoms with Crippen LogP contribution in [0.15, 0.2) is 10.6 Å². The van der Waals surface area contributed by atoms with Crippen molar-refractivity contribution in [1.82, 2.24) is 14.7 Å². The standard InChI is InChI=1S/C10H13N5O2S/c1-3-12-9(16)7-6(11)8(15-18-7)14-10-13-4-5(2)17-10/h4H,3,11H2,1-2H3,(H,12,16)(H,13,14,15). The minimum absolute atomic E-state index is 0.232. The summed E-state index contributed by atoms with van der Waals surface area (Å²) in [6.45, 7) is 4.16. The van der Waals surface area contributed by atoms with Crippen LogP contribution in [0.5, 0.6) is 0 Å².